The van der Waals surface area contributed by atoms with Crippen LogP contribution in [0.3, 0.4) is 0 Å². The average Bonchev–Trinajstić information content (AvgIpc) is 3.59. The van der Waals surface area contributed by atoms with Gasteiger partial charge in [0.15, 0.2) is 0 Å². The molecule has 0 radical (unpaired) electrons. The van der Waals surface area contributed by atoms with Crippen LogP contribution in [0.4, 0.5) is 0 Å². The number of carbonyl (C=O) groups excluding carboxylic acids is 2. The summed E-state index contributed by atoms with van der Waals surface area (Å²) in [7, 11) is 0. The largest absolute Gasteiger partial charge is 0.302 e. The highest BCUT2D eigenvalue weighted by Crippen LogP contribution is 2.50. The summed E-state index contributed by atoms with van der Waals surface area (Å²) in [5.74, 6) is -0.345. The van der Waals surface area contributed by atoms with Gasteiger partial charge >= 0.3 is 0 Å². The third-order valence-electron chi connectivity index (χ3n) is 9.08. The van der Waals surface area contributed by atoms with Crippen molar-refractivity contribution >= 4 is 23.2 Å². The van der Waals surface area contributed by atoms with E-state index in [1.165, 1.54) is 0 Å². The maximum atomic E-state index is 15.0. The van der Waals surface area contributed by atoms with Gasteiger partial charge in [0.05, 0.1) is 35.6 Å². The van der Waals surface area contributed by atoms with Crippen molar-refractivity contribution < 1.29 is 9.59 Å². The van der Waals surface area contributed by atoms with Crippen LogP contribution in [0.1, 0.15) is 22.3 Å². The standard InChI is InChI=1S/C44H32N2O2/c47-43-40-39(41(45(43)29-31-17-5-1-6-18-31)37-27-15-13-25-35(37)33-21-9-3-10-22-33)44(48)46(30-32-19-7-2-8-20-32)42(40)38-28-16-14-26-36(38)34-23-11-4-12-24-34/h1-28H,29-30H2. The quantitative estimate of drug-likeness (QED) is 0.170. The number of amides is 2. The molecule has 2 amide bonds. The van der Waals surface area contributed by atoms with Gasteiger partial charge < -0.3 is 9.80 Å². The van der Waals surface area contributed by atoms with Crippen molar-refractivity contribution in [1.82, 2.24) is 9.80 Å². The smallest absolute Gasteiger partial charge is 0.261 e. The van der Waals surface area contributed by atoms with Gasteiger partial charge in [0.2, 0.25) is 0 Å². The highest BCUT2D eigenvalue weighted by atomic mass is 16.2. The molecule has 4 nitrogen and oxygen atoms in total. The monoisotopic (exact) mass is 620 g/mol. The lowest BCUT2D eigenvalue weighted by Crippen LogP contribution is -2.29. The zero-order valence-electron chi connectivity index (χ0n) is 26.3. The molecule has 0 saturated carbocycles. The lowest BCUT2D eigenvalue weighted by atomic mass is 9.93. The van der Waals surface area contributed by atoms with Crippen molar-refractivity contribution in [3.8, 4) is 22.3 Å². The fourth-order valence-electron chi connectivity index (χ4n) is 6.91. The summed E-state index contributed by atoms with van der Waals surface area (Å²) in [6, 6.07) is 56.4. The van der Waals surface area contributed by atoms with E-state index in [4.69, 9.17) is 0 Å². The minimum Gasteiger partial charge on any atom is -0.302 e. The normalized spacial score (nSPS) is 14.2. The number of rotatable bonds is 8. The Kier molecular flexibility index (Phi) is 7.60. The molecule has 2 aliphatic heterocycles. The number of hydrogen-bond acceptors (Lipinski definition) is 2. The predicted octanol–water partition coefficient (Wildman–Crippen LogP) is 9.23. The van der Waals surface area contributed by atoms with Crippen LogP contribution in [0.25, 0.3) is 33.6 Å². The minimum atomic E-state index is -0.173. The van der Waals surface area contributed by atoms with E-state index < -0.39 is 0 Å². The van der Waals surface area contributed by atoms with Crippen LogP contribution < -0.4 is 0 Å². The number of carbonyl (C=O) groups is 2. The molecule has 2 aliphatic rings. The van der Waals surface area contributed by atoms with Crippen LogP contribution in [0.15, 0.2) is 181 Å². The Balaban J connectivity index is 1.42. The molecule has 8 rings (SSSR count). The number of hydrogen-bond donors (Lipinski definition) is 0. The molecular weight excluding hydrogens is 588 g/mol. The summed E-state index contributed by atoms with van der Waals surface area (Å²) in [5.41, 5.74) is 9.85. The summed E-state index contributed by atoms with van der Waals surface area (Å²) in [5, 5.41) is 0. The maximum Gasteiger partial charge on any atom is 0.261 e. The molecule has 4 heteroatoms. The van der Waals surface area contributed by atoms with Gasteiger partial charge in [0.1, 0.15) is 0 Å². The summed E-state index contributed by atoms with van der Waals surface area (Å²) in [6.45, 7) is 0.676. The minimum absolute atomic E-state index is 0.173. The van der Waals surface area contributed by atoms with E-state index in [0.717, 1.165) is 44.5 Å². The number of nitrogens with zero attached hydrogens (tertiary/aromatic N) is 2. The van der Waals surface area contributed by atoms with Gasteiger partial charge in [-0.3, -0.25) is 9.59 Å². The van der Waals surface area contributed by atoms with Gasteiger partial charge in [-0.25, -0.2) is 0 Å². The molecule has 2 heterocycles. The van der Waals surface area contributed by atoms with Crippen molar-refractivity contribution in [1.29, 1.82) is 0 Å². The SMILES string of the molecule is O=C1C2=C(c3ccccc3-c3ccccc3)N(Cc3ccccc3)C(=O)C2=C(c2ccccc2-c2ccccc2)N1Cc1ccccc1. The van der Waals surface area contributed by atoms with Gasteiger partial charge in [-0.2, -0.15) is 0 Å². The first kappa shape index (κ1) is 29.2. The molecule has 0 saturated heterocycles. The van der Waals surface area contributed by atoms with Crippen LogP contribution in [-0.4, -0.2) is 21.6 Å². The Bertz CT molecular complexity index is 2040. The molecule has 6 aromatic carbocycles. The molecule has 6 aromatic rings. The fraction of sp³-hybridized carbons (Fsp3) is 0.0455. The molecule has 0 spiro atoms. The van der Waals surface area contributed by atoms with E-state index in [0.29, 0.717) is 35.6 Å². The number of fused-ring (bicyclic) bond motifs is 1. The lowest BCUT2D eigenvalue weighted by molar-refractivity contribution is -0.124. The van der Waals surface area contributed by atoms with Crippen molar-refractivity contribution in [2.75, 3.05) is 0 Å². The van der Waals surface area contributed by atoms with Crippen molar-refractivity contribution in [3.05, 3.63) is 203 Å². The molecule has 48 heavy (non-hydrogen) atoms. The Labute approximate surface area is 280 Å². The third-order valence-corrected chi connectivity index (χ3v) is 9.08. The lowest BCUT2D eigenvalue weighted by Gasteiger charge is -2.27. The van der Waals surface area contributed by atoms with Crippen molar-refractivity contribution in [3.63, 3.8) is 0 Å². The molecule has 0 unspecified atom stereocenters. The summed E-state index contributed by atoms with van der Waals surface area (Å²) in [4.78, 5) is 33.7. The molecule has 0 aromatic heterocycles. The second-order valence-electron chi connectivity index (χ2n) is 12.0. The molecule has 0 N–H and O–H groups in total. The van der Waals surface area contributed by atoms with Gasteiger partial charge in [-0.1, -0.05) is 170 Å². The summed E-state index contributed by atoms with van der Waals surface area (Å²) >= 11 is 0. The van der Waals surface area contributed by atoms with E-state index >= 15 is 9.59 Å². The third kappa shape index (κ3) is 5.14. The van der Waals surface area contributed by atoms with Gasteiger partial charge in [-0.15, -0.1) is 0 Å². The second-order valence-corrected chi connectivity index (χ2v) is 12.0. The molecule has 0 fully saturated rings. The Morgan fingerprint density at radius 1 is 0.333 bits per heavy atom. The summed E-state index contributed by atoms with van der Waals surface area (Å²) in [6.07, 6.45) is 0. The van der Waals surface area contributed by atoms with Crippen LogP contribution in [0.2, 0.25) is 0 Å². The van der Waals surface area contributed by atoms with Crippen LogP contribution >= 0.6 is 0 Å². The Morgan fingerprint density at radius 2 is 0.625 bits per heavy atom. The molecule has 0 atom stereocenters. The highest BCUT2D eigenvalue weighted by molar-refractivity contribution is 6.31. The first-order valence-corrected chi connectivity index (χ1v) is 16.2. The maximum absolute atomic E-state index is 15.0. The average molecular weight is 621 g/mol. The zero-order chi connectivity index (χ0) is 32.5. The highest BCUT2D eigenvalue weighted by Gasteiger charge is 2.49. The van der Waals surface area contributed by atoms with E-state index in [1.807, 2.05) is 143 Å². The topological polar surface area (TPSA) is 40.6 Å². The number of benzene rings is 6. The Morgan fingerprint density at radius 3 is 0.979 bits per heavy atom. The van der Waals surface area contributed by atoms with E-state index in [9.17, 15) is 0 Å². The van der Waals surface area contributed by atoms with Crippen molar-refractivity contribution in [2.45, 2.75) is 13.1 Å². The molecule has 230 valence electrons. The first-order chi connectivity index (χ1) is 23.7. The summed E-state index contributed by atoms with van der Waals surface area (Å²) < 4.78 is 0. The van der Waals surface area contributed by atoms with E-state index in [-0.39, 0.29) is 11.8 Å². The van der Waals surface area contributed by atoms with Gasteiger partial charge in [-0.05, 0) is 33.4 Å². The van der Waals surface area contributed by atoms with E-state index in [2.05, 4.69) is 36.4 Å². The molecule has 0 bridgehead atoms. The predicted molar refractivity (Wildman–Crippen MR) is 192 cm³/mol. The fourth-order valence-corrected chi connectivity index (χ4v) is 6.91. The van der Waals surface area contributed by atoms with Crippen LogP contribution in [-0.2, 0) is 22.7 Å². The Hall–Kier alpha value is -6.26. The van der Waals surface area contributed by atoms with E-state index in [1.54, 1.807) is 0 Å². The van der Waals surface area contributed by atoms with Crippen LogP contribution in [0.5, 0.6) is 0 Å². The second kappa shape index (κ2) is 12.5. The van der Waals surface area contributed by atoms with Gasteiger partial charge in [0, 0.05) is 11.1 Å². The molecular formula is C44H32N2O2. The van der Waals surface area contributed by atoms with Crippen LogP contribution in [0, 0.1) is 0 Å². The zero-order valence-corrected chi connectivity index (χ0v) is 26.3. The van der Waals surface area contributed by atoms with Gasteiger partial charge in [0.25, 0.3) is 11.8 Å². The van der Waals surface area contributed by atoms with Crippen molar-refractivity contribution in [2.24, 2.45) is 0 Å². The first-order valence-electron chi connectivity index (χ1n) is 16.2. The molecule has 0 aliphatic carbocycles.